The van der Waals surface area contributed by atoms with Crippen LogP contribution in [0.2, 0.25) is 0 Å². The molecule has 1 aliphatic rings. The fourth-order valence-corrected chi connectivity index (χ4v) is 2.67. The van der Waals surface area contributed by atoms with Gasteiger partial charge in [-0.25, -0.2) is 0 Å². The van der Waals surface area contributed by atoms with Gasteiger partial charge in [0, 0.05) is 12.6 Å². The van der Waals surface area contributed by atoms with Gasteiger partial charge >= 0.3 is 0 Å². The highest BCUT2D eigenvalue weighted by Crippen LogP contribution is 2.21. The molecule has 0 saturated heterocycles. The molecule has 1 atom stereocenters. The second-order valence-electron chi connectivity index (χ2n) is 5.10. The van der Waals surface area contributed by atoms with Gasteiger partial charge in [0.15, 0.2) is 0 Å². The zero-order valence-corrected chi connectivity index (χ0v) is 11.3. The molecule has 1 aliphatic carbocycles. The van der Waals surface area contributed by atoms with Crippen molar-refractivity contribution < 1.29 is 0 Å². The quantitative estimate of drug-likeness (QED) is 0.755. The van der Waals surface area contributed by atoms with Crippen LogP contribution in [0, 0.1) is 6.92 Å². The number of hydrogen-bond acceptors (Lipinski definition) is 2. The van der Waals surface area contributed by atoms with Crippen molar-refractivity contribution in [3.63, 3.8) is 0 Å². The van der Waals surface area contributed by atoms with Crippen molar-refractivity contribution in [2.24, 2.45) is 5.73 Å². The van der Waals surface area contributed by atoms with Crippen molar-refractivity contribution in [1.29, 1.82) is 0 Å². The molecule has 0 radical (unpaired) electrons. The lowest BCUT2D eigenvalue weighted by molar-refractivity contribution is 0.540. The molecule has 1 unspecified atom stereocenters. The second kappa shape index (κ2) is 6.72. The number of allylic oxidation sites excluding steroid dienone is 1. The van der Waals surface area contributed by atoms with E-state index in [0.717, 1.165) is 6.54 Å². The van der Waals surface area contributed by atoms with Gasteiger partial charge < -0.3 is 11.1 Å². The average Bonchev–Trinajstić information content (AvgIpc) is 2.89. The molecule has 2 heteroatoms. The fraction of sp³-hybridized carbons (Fsp3) is 0.500. The summed E-state index contributed by atoms with van der Waals surface area (Å²) >= 11 is 0. The predicted molar refractivity (Wildman–Crippen MR) is 77.5 cm³/mol. The van der Waals surface area contributed by atoms with Crippen molar-refractivity contribution in [3.05, 3.63) is 47.0 Å². The lowest BCUT2D eigenvalue weighted by atomic mass is 10.0. The Morgan fingerprint density at radius 2 is 2.17 bits per heavy atom. The standard InChI is InChI=1S/C16H24N2/c1-13-6-2-5-9-15(13)16(12-17)18-11-10-14-7-3-4-8-14/h2,5-7,9,16,18H,3-4,8,10-12,17H2,1H3. The summed E-state index contributed by atoms with van der Waals surface area (Å²) in [7, 11) is 0. The molecule has 0 aromatic heterocycles. The first-order valence-corrected chi connectivity index (χ1v) is 6.98. The first-order valence-electron chi connectivity index (χ1n) is 6.98. The van der Waals surface area contributed by atoms with Crippen molar-refractivity contribution in [1.82, 2.24) is 5.32 Å². The third-order valence-corrected chi connectivity index (χ3v) is 3.77. The number of rotatable bonds is 6. The topological polar surface area (TPSA) is 38.0 Å². The van der Waals surface area contributed by atoms with Gasteiger partial charge in [-0.2, -0.15) is 0 Å². The fourth-order valence-electron chi connectivity index (χ4n) is 2.67. The summed E-state index contributed by atoms with van der Waals surface area (Å²) in [4.78, 5) is 0. The molecular weight excluding hydrogens is 220 g/mol. The summed E-state index contributed by atoms with van der Waals surface area (Å²) in [5.74, 6) is 0. The lowest BCUT2D eigenvalue weighted by Crippen LogP contribution is -2.29. The first-order chi connectivity index (χ1) is 8.81. The summed E-state index contributed by atoms with van der Waals surface area (Å²) in [5, 5.41) is 3.59. The van der Waals surface area contributed by atoms with E-state index >= 15 is 0 Å². The lowest BCUT2D eigenvalue weighted by Gasteiger charge is -2.19. The third-order valence-electron chi connectivity index (χ3n) is 3.77. The number of aryl methyl sites for hydroxylation is 1. The van der Waals surface area contributed by atoms with E-state index in [1.807, 2.05) is 0 Å². The Balaban J connectivity index is 1.87. The second-order valence-corrected chi connectivity index (χ2v) is 5.10. The maximum Gasteiger partial charge on any atom is 0.0447 e. The molecule has 0 spiro atoms. The molecule has 0 amide bonds. The largest absolute Gasteiger partial charge is 0.329 e. The van der Waals surface area contributed by atoms with Crippen molar-refractivity contribution in [2.45, 2.75) is 38.6 Å². The molecule has 2 nitrogen and oxygen atoms in total. The normalized spacial score (nSPS) is 16.7. The summed E-state index contributed by atoms with van der Waals surface area (Å²) in [6.07, 6.45) is 7.47. The number of benzene rings is 1. The van der Waals surface area contributed by atoms with Gasteiger partial charge in [-0.15, -0.1) is 0 Å². The SMILES string of the molecule is Cc1ccccc1C(CN)NCCC1=CCCC1. The molecule has 0 heterocycles. The van der Waals surface area contributed by atoms with Crippen LogP contribution in [0.5, 0.6) is 0 Å². The molecular formula is C16H24N2. The van der Waals surface area contributed by atoms with E-state index in [1.54, 1.807) is 5.57 Å². The Hall–Kier alpha value is -1.12. The van der Waals surface area contributed by atoms with E-state index in [2.05, 4.69) is 42.6 Å². The van der Waals surface area contributed by atoms with Gasteiger partial charge in [-0.1, -0.05) is 35.9 Å². The molecule has 1 aromatic rings. The van der Waals surface area contributed by atoms with Crippen LogP contribution in [0.1, 0.15) is 42.9 Å². The van der Waals surface area contributed by atoms with Gasteiger partial charge in [-0.3, -0.25) is 0 Å². The molecule has 0 fully saturated rings. The maximum atomic E-state index is 5.89. The first kappa shape index (κ1) is 13.3. The average molecular weight is 244 g/mol. The zero-order valence-electron chi connectivity index (χ0n) is 11.3. The summed E-state index contributed by atoms with van der Waals surface area (Å²) < 4.78 is 0. The molecule has 0 bridgehead atoms. The van der Waals surface area contributed by atoms with Crippen LogP contribution in [0.25, 0.3) is 0 Å². The van der Waals surface area contributed by atoms with Crippen LogP contribution < -0.4 is 11.1 Å². The molecule has 0 saturated carbocycles. The van der Waals surface area contributed by atoms with Crippen molar-refractivity contribution in [2.75, 3.05) is 13.1 Å². The van der Waals surface area contributed by atoms with Gasteiger partial charge in [0.25, 0.3) is 0 Å². The number of nitrogens with one attached hydrogen (secondary N) is 1. The van der Waals surface area contributed by atoms with E-state index in [1.165, 1.54) is 36.8 Å². The minimum absolute atomic E-state index is 0.285. The van der Waals surface area contributed by atoms with Gasteiger partial charge in [0.05, 0.1) is 0 Å². The molecule has 3 N–H and O–H groups in total. The van der Waals surface area contributed by atoms with Crippen LogP contribution in [0.4, 0.5) is 0 Å². The Bertz CT molecular complexity index is 409. The number of nitrogens with two attached hydrogens (primary N) is 1. The van der Waals surface area contributed by atoms with E-state index in [-0.39, 0.29) is 6.04 Å². The van der Waals surface area contributed by atoms with Gasteiger partial charge in [0.1, 0.15) is 0 Å². The smallest absolute Gasteiger partial charge is 0.0447 e. The summed E-state index contributed by atoms with van der Waals surface area (Å²) in [6, 6.07) is 8.78. The monoisotopic (exact) mass is 244 g/mol. The summed E-state index contributed by atoms with van der Waals surface area (Å²) in [5.41, 5.74) is 10.2. The molecule has 0 aliphatic heterocycles. The molecule has 98 valence electrons. The Morgan fingerprint density at radius 3 is 2.83 bits per heavy atom. The minimum atomic E-state index is 0.285. The highest BCUT2D eigenvalue weighted by molar-refractivity contribution is 5.29. The van der Waals surface area contributed by atoms with Crippen molar-refractivity contribution in [3.8, 4) is 0 Å². The van der Waals surface area contributed by atoms with E-state index < -0.39 is 0 Å². The van der Waals surface area contributed by atoms with Crippen LogP contribution in [-0.4, -0.2) is 13.1 Å². The highest BCUT2D eigenvalue weighted by atomic mass is 14.9. The third kappa shape index (κ3) is 3.44. The minimum Gasteiger partial charge on any atom is -0.329 e. The maximum absolute atomic E-state index is 5.89. The van der Waals surface area contributed by atoms with Crippen LogP contribution in [0.15, 0.2) is 35.9 Å². The Kier molecular flexibility index (Phi) is 4.97. The highest BCUT2D eigenvalue weighted by Gasteiger charge is 2.11. The molecule has 1 aromatic carbocycles. The van der Waals surface area contributed by atoms with E-state index in [0.29, 0.717) is 6.54 Å². The number of hydrogen-bond donors (Lipinski definition) is 2. The van der Waals surface area contributed by atoms with Gasteiger partial charge in [0.2, 0.25) is 0 Å². The van der Waals surface area contributed by atoms with E-state index in [4.69, 9.17) is 5.73 Å². The van der Waals surface area contributed by atoms with Crippen molar-refractivity contribution >= 4 is 0 Å². The van der Waals surface area contributed by atoms with Crippen LogP contribution >= 0.6 is 0 Å². The zero-order chi connectivity index (χ0) is 12.8. The van der Waals surface area contributed by atoms with E-state index in [9.17, 15) is 0 Å². The van der Waals surface area contributed by atoms with Crippen LogP contribution in [-0.2, 0) is 0 Å². The Morgan fingerprint density at radius 1 is 1.33 bits per heavy atom. The van der Waals surface area contributed by atoms with Gasteiger partial charge in [-0.05, 0) is 50.3 Å². The molecule has 2 rings (SSSR count). The molecule has 18 heavy (non-hydrogen) atoms. The van der Waals surface area contributed by atoms with Crippen LogP contribution in [0.3, 0.4) is 0 Å². The Labute approximate surface area is 110 Å². The predicted octanol–water partition coefficient (Wildman–Crippen LogP) is 3.08. The summed E-state index contributed by atoms with van der Waals surface area (Å²) in [6.45, 7) is 3.84.